The predicted octanol–water partition coefficient (Wildman–Crippen LogP) is 4.25. The van der Waals surface area contributed by atoms with Crippen molar-refractivity contribution < 1.29 is 4.79 Å². The Hall–Kier alpha value is -2.47. The van der Waals surface area contributed by atoms with E-state index in [0.29, 0.717) is 42.5 Å². The van der Waals surface area contributed by atoms with Gasteiger partial charge in [-0.25, -0.2) is 4.98 Å². The van der Waals surface area contributed by atoms with Crippen molar-refractivity contribution in [1.82, 2.24) is 15.3 Å². The molecule has 1 fully saturated rings. The third kappa shape index (κ3) is 4.42. The minimum absolute atomic E-state index is 0.0504. The summed E-state index contributed by atoms with van der Waals surface area (Å²) in [5, 5.41) is 3.71. The summed E-state index contributed by atoms with van der Waals surface area (Å²) in [5.41, 5.74) is 1.91. The van der Waals surface area contributed by atoms with Crippen LogP contribution >= 0.6 is 15.9 Å². The molecule has 1 saturated carbocycles. The maximum atomic E-state index is 12.4. The zero-order valence-electron chi connectivity index (χ0n) is 16.2. The molecule has 29 heavy (non-hydrogen) atoms. The molecule has 0 radical (unpaired) electrons. The lowest BCUT2D eigenvalue weighted by atomic mass is 9.64. The number of benzene rings is 2. The fraction of sp³-hybridized carbons (Fsp3) is 0.348. The number of para-hydroxylation sites is 1. The molecule has 0 atom stereocenters. The maximum absolute atomic E-state index is 12.4. The van der Waals surface area contributed by atoms with E-state index in [4.69, 9.17) is 0 Å². The first-order valence-corrected chi connectivity index (χ1v) is 10.9. The third-order valence-corrected chi connectivity index (χ3v) is 6.34. The van der Waals surface area contributed by atoms with Crippen molar-refractivity contribution in [3.63, 3.8) is 0 Å². The third-order valence-electron chi connectivity index (χ3n) is 5.85. The Morgan fingerprint density at radius 3 is 2.76 bits per heavy atom. The number of halogens is 1. The first-order valence-electron chi connectivity index (χ1n) is 10.1. The second-order valence-electron chi connectivity index (χ2n) is 7.80. The van der Waals surface area contributed by atoms with Gasteiger partial charge in [-0.15, -0.1) is 0 Å². The number of H-pyrrole nitrogens is 1. The number of amides is 1. The van der Waals surface area contributed by atoms with Crippen molar-refractivity contribution in [1.29, 1.82) is 0 Å². The van der Waals surface area contributed by atoms with Gasteiger partial charge in [-0.2, -0.15) is 0 Å². The van der Waals surface area contributed by atoms with E-state index in [0.717, 1.165) is 17.3 Å². The van der Waals surface area contributed by atoms with E-state index in [1.165, 1.54) is 12.0 Å². The molecule has 4 rings (SSSR count). The molecule has 1 heterocycles. The summed E-state index contributed by atoms with van der Waals surface area (Å²) in [4.78, 5) is 31.8. The van der Waals surface area contributed by atoms with Crippen LogP contribution in [0.15, 0.2) is 57.8 Å². The van der Waals surface area contributed by atoms with Gasteiger partial charge in [0.25, 0.3) is 5.56 Å². The molecule has 0 unspecified atom stereocenters. The minimum atomic E-state index is -0.129. The number of fused-ring (bicyclic) bond motifs is 1. The average Bonchev–Trinajstić information content (AvgIpc) is 2.67. The zero-order valence-corrected chi connectivity index (χ0v) is 17.8. The summed E-state index contributed by atoms with van der Waals surface area (Å²) >= 11 is 3.55. The Labute approximate surface area is 178 Å². The molecule has 5 nitrogen and oxygen atoms in total. The summed E-state index contributed by atoms with van der Waals surface area (Å²) in [6.45, 7) is 0.674. The number of hydrogen-bond acceptors (Lipinski definition) is 3. The van der Waals surface area contributed by atoms with E-state index >= 15 is 0 Å². The van der Waals surface area contributed by atoms with Crippen LogP contribution in [0.4, 0.5) is 0 Å². The number of carbonyl (C=O) groups excluding carboxylic acids is 1. The molecule has 3 aromatic rings. The topological polar surface area (TPSA) is 74.8 Å². The van der Waals surface area contributed by atoms with Gasteiger partial charge in [-0.1, -0.05) is 46.6 Å². The van der Waals surface area contributed by atoms with Crippen LogP contribution in [0, 0.1) is 0 Å². The van der Waals surface area contributed by atoms with Crippen LogP contribution in [0.1, 0.15) is 43.5 Å². The second-order valence-corrected chi connectivity index (χ2v) is 8.72. The SMILES string of the molecule is O=C(CCCc1nc2ccccc2c(=O)[nH]1)NCC1(c2cccc(Br)c2)CCC1. The van der Waals surface area contributed by atoms with Gasteiger partial charge in [0.15, 0.2) is 0 Å². The Morgan fingerprint density at radius 1 is 1.17 bits per heavy atom. The molecule has 0 spiro atoms. The summed E-state index contributed by atoms with van der Waals surface area (Å²) in [6.07, 6.45) is 5.05. The van der Waals surface area contributed by atoms with Gasteiger partial charge in [-0.05, 0) is 49.1 Å². The predicted molar refractivity (Wildman–Crippen MR) is 118 cm³/mol. The molecule has 0 aliphatic heterocycles. The highest BCUT2D eigenvalue weighted by Gasteiger charge is 2.38. The molecule has 2 N–H and O–H groups in total. The van der Waals surface area contributed by atoms with Crippen LogP contribution in [0.2, 0.25) is 0 Å². The normalized spacial score (nSPS) is 15.1. The number of hydrogen-bond donors (Lipinski definition) is 2. The van der Waals surface area contributed by atoms with Crippen LogP contribution in [0.5, 0.6) is 0 Å². The fourth-order valence-electron chi connectivity index (χ4n) is 4.02. The monoisotopic (exact) mass is 453 g/mol. The smallest absolute Gasteiger partial charge is 0.258 e. The highest BCUT2D eigenvalue weighted by Crippen LogP contribution is 2.43. The van der Waals surface area contributed by atoms with Crippen molar-refractivity contribution in [2.45, 2.75) is 43.9 Å². The second kappa shape index (κ2) is 8.49. The summed E-state index contributed by atoms with van der Waals surface area (Å²) in [6, 6.07) is 15.7. The summed E-state index contributed by atoms with van der Waals surface area (Å²) < 4.78 is 1.07. The molecule has 1 aliphatic rings. The number of aryl methyl sites for hydroxylation is 1. The van der Waals surface area contributed by atoms with E-state index in [1.54, 1.807) is 6.07 Å². The summed E-state index contributed by atoms with van der Waals surface area (Å²) in [5.74, 6) is 0.681. The maximum Gasteiger partial charge on any atom is 0.258 e. The van der Waals surface area contributed by atoms with E-state index in [2.05, 4.69) is 49.4 Å². The molecule has 0 bridgehead atoms. The highest BCUT2D eigenvalue weighted by atomic mass is 79.9. The van der Waals surface area contributed by atoms with Gasteiger partial charge >= 0.3 is 0 Å². The van der Waals surface area contributed by atoms with Crippen molar-refractivity contribution in [3.05, 3.63) is 74.7 Å². The van der Waals surface area contributed by atoms with Crippen LogP contribution in [-0.4, -0.2) is 22.4 Å². The molecule has 0 saturated heterocycles. The lowest BCUT2D eigenvalue weighted by Crippen LogP contribution is -2.45. The Kier molecular flexibility index (Phi) is 5.81. The number of nitrogens with zero attached hydrogens (tertiary/aromatic N) is 1. The van der Waals surface area contributed by atoms with E-state index < -0.39 is 0 Å². The quantitative estimate of drug-likeness (QED) is 0.561. The first-order chi connectivity index (χ1) is 14.1. The number of rotatable bonds is 7. The Morgan fingerprint density at radius 2 is 2.00 bits per heavy atom. The van der Waals surface area contributed by atoms with Gasteiger partial charge < -0.3 is 10.3 Å². The van der Waals surface area contributed by atoms with Crippen molar-refractivity contribution in [3.8, 4) is 0 Å². The molecule has 1 aliphatic carbocycles. The van der Waals surface area contributed by atoms with E-state index in [9.17, 15) is 9.59 Å². The molecular formula is C23H24BrN3O2. The van der Waals surface area contributed by atoms with E-state index in [-0.39, 0.29) is 16.9 Å². The zero-order chi connectivity index (χ0) is 20.3. The van der Waals surface area contributed by atoms with Crippen LogP contribution in [0.25, 0.3) is 10.9 Å². The van der Waals surface area contributed by atoms with Crippen molar-refractivity contribution >= 4 is 32.7 Å². The van der Waals surface area contributed by atoms with Gasteiger partial charge in [0, 0.05) is 29.3 Å². The lowest BCUT2D eigenvalue weighted by Gasteiger charge is -2.42. The van der Waals surface area contributed by atoms with Gasteiger partial charge in [-0.3, -0.25) is 9.59 Å². The van der Waals surface area contributed by atoms with Gasteiger partial charge in [0.2, 0.25) is 5.91 Å². The first kappa shape index (κ1) is 19.8. The highest BCUT2D eigenvalue weighted by molar-refractivity contribution is 9.10. The molecular weight excluding hydrogens is 430 g/mol. The van der Waals surface area contributed by atoms with Crippen LogP contribution in [-0.2, 0) is 16.6 Å². The van der Waals surface area contributed by atoms with Crippen molar-refractivity contribution in [2.24, 2.45) is 0 Å². The molecule has 2 aromatic carbocycles. The Balaban J connectivity index is 1.31. The molecule has 6 heteroatoms. The fourth-order valence-corrected chi connectivity index (χ4v) is 4.41. The largest absolute Gasteiger partial charge is 0.355 e. The summed E-state index contributed by atoms with van der Waals surface area (Å²) in [7, 11) is 0. The standard InChI is InChI=1S/C23H24BrN3O2/c24-17-7-3-6-16(14-17)23(12-5-13-23)15-25-21(28)11-4-10-20-26-19-9-2-1-8-18(19)22(29)27-20/h1-3,6-9,14H,4-5,10-13,15H2,(H,25,28)(H,26,27,29). The number of nitrogens with one attached hydrogen (secondary N) is 2. The average molecular weight is 454 g/mol. The molecule has 1 amide bonds. The number of aromatic nitrogens is 2. The number of aromatic amines is 1. The van der Waals surface area contributed by atoms with E-state index in [1.807, 2.05) is 24.3 Å². The number of carbonyl (C=O) groups is 1. The molecule has 150 valence electrons. The van der Waals surface area contributed by atoms with Gasteiger partial charge in [0.1, 0.15) is 5.82 Å². The van der Waals surface area contributed by atoms with Gasteiger partial charge in [0.05, 0.1) is 10.9 Å². The van der Waals surface area contributed by atoms with Crippen LogP contribution in [0.3, 0.4) is 0 Å². The van der Waals surface area contributed by atoms with Crippen LogP contribution < -0.4 is 10.9 Å². The minimum Gasteiger partial charge on any atom is -0.355 e. The Bertz CT molecular complexity index is 1090. The molecule has 1 aromatic heterocycles. The van der Waals surface area contributed by atoms with Crippen molar-refractivity contribution in [2.75, 3.05) is 6.54 Å². The lowest BCUT2D eigenvalue weighted by molar-refractivity contribution is -0.121.